The lowest BCUT2D eigenvalue weighted by Gasteiger charge is -2.11. The van der Waals surface area contributed by atoms with Crippen LogP contribution in [-0.4, -0.2) is 29.5 Å². The van der Waals surface area contributed by atoms with E-state index in [1.807, 2.05) is 37.5 Å². The van der Waals surface area contributed by atoms with Crippen molar-refractivity contribution in [2.45, 2.75) is 13.8 Å². The second-order valence-corrected chi connectivity index (χ2v) is 4.22. The lowest BCUT2D eigenvalue weighted by Crippen LogP contribution is -2.43. The van der Waals surface area contributed by atoms with E-state index >= 15 is 0 Å². The quantitative estimate of drug-likeness (QED) is 0.540. The molecule has 0 aliphatic heterocycles. The first-order valence-electron chi connectivity index (χ1n) is 6.09. The number of carboxylic acid groups (broad SMARTS) is 1. The van der Waals surface area contributed by atoms with Gasteiger partial charge in [0.15, 0.2) is 6.61 Å². The summed E-state index contributed by atoms with van der Waals surface area (Å²) in [5.74, 6) is -1.95. The molecule has 7 heteroatoms. The molecule has 0 aliphatic rings. The van der Waals surface area contributed by atoms with Gasteiger partial charge >= 0.3 is 5.97 Å². The standard InChI is InChI=1S/C14H16N2O5/c1-9-4-3-5-10(2)14(9)21-8-12(18)16-15-11(17)6-7-13(19)20/h3-7H,8H2,1-2H3,(H,15,17)(H,16,18)(H,19,20)/b7-6+. The molecule has 0 aromatic heterocycles. The van der Waals surface area contributed by atoms with Crippen molar-refractivity contribution in [1.29, 1.82) is 0 Å². The molecule has 1 aromatic carbocycles. The molecule has 0 saturated carbocycles. The Labute approximate surface area is 121 Å². The Kier molecular flexibility index (Phi) is 5.94. The molecule has 21 heavy (non-hydrogen) atoms. The maximum absolute atomic E-state index is 11.5. The van der Waals surface area contributed by atoms with Crippen LogP contribution in [0.1, 0.15) is 11.1 Å². The van der Waals surface area contributed by atoms with Crippen LogP contribution in [0.5, 0.6) is 5.75 Å². The van der Waals surface area contributed by atoms with E-state index < -0.39 is 17.8 Å². The highest BCUT2D eigenvalue weighted by Crippen LogP contribution is 2.21. The van der Waals surface area contributed by atoms with Crippen molar-refractivity contribution in [2.24, 2.45) is 0 Å². The Hall–Kier alpha value is -2.83. The molecular formula is C14H16N2O5. The zero-order valence-corrected chi connectivity index (χ0v) is 11.7. The fourth-order valence-electron chi connectivity index (χ4n) is 1.52. The predicted octanol–water partition coefficient (Wildman–Crippen LogP) is 0.470. The van der Waals surface area contributed by atoms with Crippen LogP contribution in [0.25, 0.3) is 0 Å². The topological polar surface area (TPSA) is 105 Å². The molecule has 0 aliphatic carbocycles. The number of hydrogen-bond acceptors (Lipinski definition) is 4. The number of nitrogens with one attached hydrogen (secondary N) is 2. The van der Waals surface area contributed by atoms with Gasteiger partial charge in [0.05, 0.1) is 0 Å². The van der Waals surface area contributed by atoms with Crippen LogP contribution in [0.3, 0.4) is 0 Å². The third-order valence-electron chi connectivity index (χ3n) is 2.46. The molecule has 2 amide bonds. The number of para-hydroxylation sites is 1. The number of benzene rings is 1. The van der Waals surface area contributed by atoms with Gasteiger partial charge in [0.2, 0.25) is 0 Å². The van der Waals surface area contributed by atoms with Crippen molar-refractivity contribution in [3.05, 3.63) is 41.5 Å². The Morgan fingerprint density at radius 3 is 2.33 bits per heavy atom. The van der Waals surface area contributed by atoms with Crippen molar-refractivity contribution in [3.8, 4) is 5.75 Å². The average Bonchev–Trinajstić information content (AvgIpc) is 2.42. The van der Waals surface area contributed by atoms with Gasteiger partial charge in [-0.05, 0) is 25.0 Å². The fourth-order valence-corrected chi connectivity index (χ4v) is 1.52. The first-order chi connectivity index (χ1) is 9.90. The summed E-state index contributed by atoms with van der Waals surface area (Å²) in [4.78, 5) is 32.8. The maximum atomic E-state index is 11.5. The average molecular weight is 292 g/mol. The molecule has 0 saturated heterocycles. The molecule has 0 radical (unpaired) electrons. The minimum atomic E-state index is -1.25. The number of carboxylic acids is 1. The highest BCUT2D eigenvalue weighted by molar-refractivity contribution is 5.94. The van der Waals surface area contributed by atoms with Crippen LogP contribution < -0.4 is 15.6 Å². The fraction of sp³-hybridized carbons (Fsp3) is 0.214. The molecule has 1 aromatic rings. The van der Waals surface area contributed by atoms with Crippen LogP contribution >= 0.6 is 0 Å². The summed E-state index contributed by atoms with van der Waals surface area (Å²) < 4.78 is 5.38. The molecule has 0 bridgehead atoms. The van der Waals surface area contributed by atoms with Gasteiger partial charge in [0.25, 0.3) is 11.8 Å². The van der Waals surface area contributed by atoms with E-state index in [4.69, 9.17) is 9.84 Å². The zero-order valence-electron chi connectivity index (χ0n) is 11.7. The summed E-state index contributed by atoms with van der Waals surface area (Å²) in [6.45, 7) is 3.45. The van der Waals surface area contributed by atoms with Gasteiger partial charge in [0, 0.05) is 12.2 Å². The van der Waals surface area contributed by atoms with Crippen LogP contribution in [0.2, 0.25) is 0 Å². The monoisotopic (exact) mass is 292 g/mol. The summed E-state index contributed by atoms with van der Waals surface area (Å²) in [7, 11) is 0. The molecule has 0 heterocycles. The van der Waals surface area contributed by atoms with Crippen molar-refractivity contribution >= 4 is 17.8 Å². The Bertz CT molecular complexity index is 560. The van der Waals surface area contributed by atoms with E-state index in [0.717, 1.165) is 17.2 Å². The number of amides is 2. The second-order valence-electron chi connectivity index (χ2n) is 4.22. The molecule has 112 valence electrons. The number of aryl methyl sites for hydroxylation is 2. The summed E-state index contributed by atoms with van der Waals surface area (Å²) in [6.07, 6.45) is 1.45. The lowest BCUT2D eigenvalue weighted by molar-refractivity contribution is -0.131. The second kappa shape index (κ2) is 7.68. The third kappa shape index (κ3) is 5.77. The smallest absolute Gasteiger partial charge is 0.328 e. The predicted molar refractivity (Wildman–Crippen MR) is 74.5 cm³/mol. The molecule has 0 spiro atoms. The maximum Gasteiger partial charge on any atom is 0.328 e. The van der Waals surface area contributed by atoms with E-state index in [-0.39, 0.29) is 6.61 Å². The summed E-state index contributed by atoms with van der Waals surface area (Å²) in [6, 6.07) is 5.60. The first kappa shape index (κ1) is 16.2. The minimum absolute atomic E-state index is 0.269. The number of hydrazine groups is 1. The highest BCUT2D eigenvalue weighted by atomic mass is 16.5. The summed E-state index contributed by atoms with van der Waals surface area (Å²) >= 11 is 0. The van der Waals surface area contributed by atoms with Crippen molar-refractivity contribution in [1.82, 2.24) is 10.9 Å². The van der Waals surface area contributed by atoms with Crippen molar-refractivity contribution in [2.75, 3.05) is 6.61 Å². The Morgan fingerprint density at radius 2 is 1.76 bits per heavy atom. The zero-order chi connectivity index (χ0) is 15.8. The Morgan fingerprint density at radius 1 is 1.14 bits per heavy atom. The van der Waals surface area contributed by atoms with Gasteiger partial charge in [0.1, 0.15) is 5.75 Å². The van der Waals surface area contributed by atoms with Crippen LogP contribution in [0, 0.1) is 13.8 Å². The van der Waals surface area contributed by atoms with E-state index in [9.17, 15) is 14.4 Å². The highest BCUT2D eigenvalue weighted by Gasteiger charge is 2.07. The van der Waals surface area contributed by atoms with Crippen LogP contribution in [0.15, 0.2) is 30.4 Å². The molecule has 3 N–H and O–H groups in total. The van der Waals surface area contributed by atoms with Gasteiger partial charge in [-0.15, -0.1) is 0 Å². The van der Waals surface area contributed by atoms with E-state index in [1.165, 1.54) is 0 Å². The van der Waals surface area contributed by atoms with Crippen LogP contribution in [-0.2, 0) is 14.4 Å². The van der Waals surface area contributed by atoms with E-state index in [1.54, 1.807) is 0 Å². The van der Waals surface area contributed by atoms with E-state index in [2.05, 4.69) is 5.43 Å². The van der Waals surface area contributed by atoms with Gasteiger partial charge < -0.3 is 9.84 Å². The van der Waals surface area contributed by atoms with Gasteiger partial charge in [-0.2, -0.15) is 0 Å². The number of ether oxygens (including phenoxy) is 1. The van der Waals surface area contributed by atoms with Gasteiger partial charge in [-0.1, -0.05) is 18.2 Å². The number of carbonyl (C=O) groups excluding carboxylic acids is 2. The summed E-state index contributed by atoms with van der Waals surface area (Å²) in [5.41, 5.74) is 5.94. The number of rotatable bonds is 5. The minimum Gasteiger partial charge on any atom is -0.483 e. The SMILES string of the molecule is Cc1cccc(C)c1OCC(=O)NNC(=O)/C=C/C(=O)O. The van der Waals surface area contributed by atoms with Gasteiger partial charge in [-0.3, -0.25) is 20.4 Å². The number of hydrogen-bond donors (Lipinski definition) is 3. The number of aliphatic carboxylic acids is 1. The van der Waals surface area contributed by atoms with Gasteiger partial charge in [-0.25, -0.2) is 4.79 Å². The van der Waals surface area contributed by atoms with Crippen molar-refractivity contribution in [3.63, 3.8) is 0 Å². The molecule has 0 fully saturated rings. The molecular weight excluding hydrogens is 276 g/mol. The van der Waals surface area contributed by atoms with E-state index in [0.29, 0.717) is 11.8 Å². The van der Waals surface area contributed by atoms with Crippen molar-refractivity contribution < 1.29 is 24.2 Å². The third-order valence-corrected chi connectivity index (χ3v) is 2.46. The van der Waals surface area contributed by atoms with Crippen LogP contribution in [0.4, 0.5) is 0 Å². The Balaban J connectivity index is 2.41. The first-order valence-corrected chi connectivity index (χ1v) is 6.09. The molecule has 0 atom stereocenters. The normalized spacial score (nSPS) is 10.2. The largest absolute Gasteiger partial charge is 0.483 e. The molecule has 0 unspecified atom stereocenters. The molecule has 7 nitrogen and oxygen atoms in total. The number of carbonyl (C=O) groups is 3. The molecule has 1 rings (SSSR count). The summed E-state index contributed by atoms with van der Waals surface area (Å²) in [5, 5.41) is 8.33. The lowest BCUT2D eigenvalue weighted by atomic mass is 10.1.